The number of nitrogens with zero attached hydrogens (tertiary/aromatic N) is 1. The van der Waals surface area contributed by atoms with Crippen molar-refractivity contribution < 1.29 is 13.5 Å². The molecule has 0 bridgehead atoms. The number of anilines is 1. The van der Waals surface area contributed by atoms with E-state index in [0.29, 0.717) is 36.6 Å². The van der Waals surface area contributed by atoms with Crippen LogP contribution in [-0.2, 0) is 10.0 Å². The van der Waals surface area contributed by atoms with Gasteiger partial charge in [-0.3, -0.25) is 0 Å². The molecule has 2 aliphatic carbocycles. The van der Waals surface area contributed by atoms with Gasteiger partial charge in [0.05, 0.1) is 21.6 Å². The lowest BCUT2D eigenvalue weighted by Gasteiger charge is -2.26. The first-order valence-corrected chi connectivity index (χ1v) is 15.1. The molecule has 2 fully saturated rings. The van der Waals surface area contributed by atoms with Crippen LogP contribution in [0.5, 0.6) is 0 Å². The van der Waals surface area contributed by atoms with Gasteiger partial charge >= 0.3 is 0 Å². The van der Waals surface area contributed by atoms with E-state index in [-0.39, 0.29) is 12.1 Å². The molecule has 2 aliphatic rings. The van der Waals surface area contributed by atoms with Gasteiger partial charge in [0.25, 0.3) is 0 Å². The van der Waals surface area contributed by atoms with Crippen LogP contribution in [0.4, 0.5) is 5.13 Å². The third kappa shape index (κ3) is 6.39. The maximum Gasteiger partial charge on any atom is 0.241 e. The maximum absolute atomic E-state index is 13.2. The van der Waals surface area contributed by atoms with Crippen molar-refractivity contribution in [2.24, 2.45) is 5.92 Å². The SMILES string of the molecule is Cc1ccc(-c2sc(N[C@H](C)CC3CCCCC3)nc2C)cc1S(=O)(=O)N[C@H]1CC[C@@H](O)CC1. The topological polar surface area (TPSA) is 91.3 Å². The molecule has 3 N–H and O–H groups in total. The van der Waals surface area contributed by atoms with E-state index in [1.165, 1.54) is 38.5 Å². The number of sulfonamides is 1. The molecule has 1 aromatic carbocycles. The summed E-state index contributed by atoms with van der Waals surface area (Å²) in [6.45, 7) is 6.06. The van der Waals surface area contributed by atoms with Crippen LogP contribution in [0, 0.1) is 19.8 Å². The molecule has 0 saturated heterocycles. The third-order valence-electron chi connectivity index (χ3n) is 7.34. The molecule has 6 nitrogen and oxygen atoms in total. The van der Waals surface area contributed by atoms with Crippen molar-refractivity contribution >= 4 is 26.5 Å². The van der Waals surface area contributed by atoms with Crippen molar-refractivity contribution in [3.8, 4) is 10.4 Å². The number of aryl methyl sites for hydroxylation is 2. The highest BCUT2D eigenvalue weighted by molar-refractivity contribution is 7.89. The molecule has 1 aromatic heterocycles. The zero-order chi connectivity index (χ0) is 24.3. The summed E-state index contributed by atoms with van der Waals surface area (Å²) in [6.07, 6.45) is 10.2. The summed E-state index contributed by atoms with van der Waals surface area (Å²) in [7, 11) is -3.64. The number of hydrogen-bond acceptors (Lipinski definition) is 6. The van der Waals surface area contributed by atoms with E-state index in [1.54, 1.807) is 17.4 Å². The van der Waals surface area contributed by atoms with Gasteiger partial charge in [0.2, 0.25) is 10.0 Å². The lowest BCUT2D eigenvalue weighted by molar-refractivity contribution is 0.120. The normalized spacial score (nSPS) is 23.1. The summed E-state index contributed by atoms with van der Waals surface area (Å²) in [5, 5.41) is 14.2. The molecule has 0 radical (unpaired) electrons. The van der Waals surface area contributed by atoms with Gasteiger partial charge in [-0.25, -0.2) is 18.1 Å². The van der Waals surface area contributed by atoms with Crippen LogP contribution in [0.2, 0.25) is 0 Å². The van der Waals surface area contributed by atoms with Crippen LogP contribution in [0.3, 0.4) is 0 Å². The van der Waals surface area contributed by atoms with Crippen molar-refractivity contribution in [1.29, 1.82) is 0 Å². The van der Waals surface area contributed by atoms with Crippen LogP contribution >= 0.6 is 11.3 Å². The first-order valence-electron chi connectivity index (χ1n) is 12.8. The van der Waals surface area contributed by atoms with Gasteiger partial charge in [0.15, 0.2) is 5.13 Å². The molecule has 0 aliphatic heterocycles. The van der Waals surface area contributed by atoms with Crippen LogP contribution < -0.4 is 10.0 Å². The minimum Gasteiger partial charge on any atom is -0.393 e. The molecule has 0 spiro atoms. The predicted molar refractivity (Wildman–Crippen MR) is 140 cm³/mol. The van der Waals surface area contributed by atoms with Crippen molar-refractivity contribution in [2.45, 2.75) is 108 Å². The van der Waals surface area contributed by atoms with E-state index < -0.39 is 10.0 Å². The minimum absolute atomic E-state index is 0.122. The summed E-state index contributed by atoms with van der Waals surface area (Å²) in [6, 6.07) is 5.90. The number of aliphatic hydroxyl groups is 1. The minimum atomic E-state index is -3.64. The van der Waals surface area contributed by atoms with Gasteiger partial charge in [-0.1, -0.05) is 55.6 Å². The highest BCUT2D eigenvalue weighted by atomic mass is 32.2. The number of hydrogen-bond donors (Lipinski definition) is 3. The van der Waals surface area contributed by atoms with Crippen LogP contribution in [0.1, 0.15) is 82.4 Å². The predicted octanol–water partition coefficient (Wildman–Crippen LogP) is 5.78. The summed E-state index contributed by atoms with van der Waals surface area (Å²) in [4.78, 5) is 6.08. The first-order chi connectivity index (χ1) is 16.2. The summed E-state index contributed by atoms with van der Waals surface area (Å²) in [5.74, 6) is 0.807. The summed E-state index contributed by atoms with van der Waals surface area (Å²) in [5.41, 5.74) is 2.53. The summed E-state index contributed by atoms with van der Waals surface area (Å²) >= 11 is 1.60. The van der Waals surface area contributed by atoms with Gasteiger partial charge in [-0.2, -0.15) is 0 Å². The average Bonchev–Trinajstić information content (AvgIpc) is 3.15. The molecule has 4 rings (SSSR count). The number of nitrogens with one attached hydrogen (secondary N) is 2. The molecule has 0 amide bonds. The highest BCUT2D eigenvalue weighted by Gasteiger charge is 2.26. The monoisotopic (exact) mass is 505 g/mol. The molecule has 34 heavy (non-hydrogen) atoms. The van der Waals surface area contributed by atoms with Gasteiger partial charge in [-0.15, -0.1) is 0 Å². The van der Waals surface area contributed by atoms with Gasteiger partial charge < -0.3 is 10.4 Å². The lowest BCUT2D eigenvalue weighted by Crippen LogP contribution is -2.38. The van der Waals surface area contributed by atoms with Gasteiger partial charge in [-0.05, 0) is 76.0 Å². The highest BCUT2D eigenvalue weighted by Crippen LogP contribution is 2.36. The Morgan fingerprint density at radius 2 is 1.79 bits per heavy atom. The lowest BCUT2D eigenvalue weighted by atomic mass is 9.85. The molecule has 188 valence electrons. The van der Waals surface area contributed by atoms with E-state index >= 15 is 0 Å². The van der Waals surface area contributed by atoms with E-state index in [9.17, 15) is 13.5 Å². The van der Waals surface area contributed by atoms with Crippen molar-refractivity contribution in [3.05, 3.63) is 29.5 Å². The van der Waals surface area contributed by atoms with E-state index in [0.717, 1.165) is 32.7 Å². The third-order valence-corrected chi connectivity index (χ3v) is 10.1. The Kier molecular flexibility index (Phi) is 8.33. The standard InChI is InChI=1S/C26H39N3O3S2/c1-17-9-10-21(16-24(17)34(31,32)29-22-11-13-23(30)14-12-22)25-19(3)28-26(33-25)27-18(2)15-20-7-5-4-6-8-20/h9-10,16,18,20,22-23,29-30H,4-8,11-15H2,1-3H3,(H,27,28)/t18-,22-,23+/m1/s1. The second kappa shape index (κ2) is 11.1. The van der Waals surface area contributed by atoms with E-state index in [4.69, 9.17) is 4.98 Å². The van der Waals surface area contributed by atoms with Crippen LogP contribution in [-0.4, -0.2) is 36.7 Å². The molecule has 1 atom stereocenters. The fraction of sp³-hybridized carbons (Fsp3) is 0.654. The molecular formula is C26H39N3O3S2. The van der Waals surface area contributed by atoms with Gasteiger partial charge in [0.1, 0.15) is 0 Å². The van der Waals surface area contributed by atoms with Crippen molar-refractivity contribution in [2.75, 3.05) is 5.32 Å². The zero-order valence-electron chi connectivity index (χ0n) is 20.6. The molecule has 1 heterocycles. The Bertz CT molecular complexity index is 1070. The fourth-order valence-electron chi connectivity index (χ4n) is 5.43. The number of benzene rings is 1. The molecule has 0 unspecified atom stereocenters. The van der Waals surface area contributed by atoms with Crippen LogP contribution in [0.15, 0.2) is 23.1 Å². The summed E-state index contributed by atoms with van der Waals surface area (Å²) < 4.78 is 29.3. The molecule has 2 aromatic rings. The largest absolute Gasteiger partial charge is 0.393 e. The second-order valence-corrected chi connectivity index (χ2v) is 13.0. The van der Waals surface area contributed by atoms with Gasteiger partial charge in [0, 0.05) is 12.1 Å². The van der Waals surface area contributed by atoms with Crippen molar-refractivity contribution in [3.63, 3.8) is 0 Å². The Balaban J connectivity index is 1.48. The Hall–Kier alpha value is -1.48. The first kappa shape index (κ1) is 25.6. The second-order valence-electron chi connectivity index (χ2n) is 10.3. The molecule has 2 saturated carbocycles. The number of rotatable bonds is 8. The Labute approximate surface area is 208 Å². The van der Waals surface area contributed by atoms with Crippen molar-refractivity contribution in [1.82, 2.24) is 9.71 Å². The fourth-order valence-corrected chi connectivity index (χ4v) is 8.08. The number of aromatic nitrogens is 1. The smallest absolute Gasteiger partial charge is 0.241 e. The maximum atomic E-state index is 13.2. The van der Waals surface area contributed by atoms with E-state index in [1.807, 2.05) is 26.0 Å². The molecular weight excluding hydrogens is 466 g/mol. The molecule has 8 heteroatoms. The quantitative estimate of drug-likeness (QED) is 0.423. The number of aliphatic hydroxyl groups excluding tert-OH is 1. The average molecular weight is 506 g/mol. The Morgan fingerprint density at radius 3 is 2.50 bits per heavy atom. The Morgan fingerprint density at radius 1 is 1.09 bits per heavy atom. The van der Waals surface area contributed by atoms with Crippen LogP contribution in [0.25, 0.3) is 10.4 Å². The number of thiazole rings is 1. The zero-order valence-corrected chi connectivity index (χ0v) is 22.3. The van der Waals surface area contributed by atoms with E-state index in [2.05, 4.69) is 17.0 Å².